The van der Waals surface area contributed by atoms with Crippen molar-refractivity contribution in [2.24, 2.45) is 0 Å². The Kier molecular flexibility index (Phi) is 5.35. The normalized spacial score (nSPS) is 10.8. The minimum Gasteiger partial charge on any atom is -0.449 e. The fourth-order valence-corrected chi connectivity index (χ4v) is 2.68. The highest BCUT2D eigenvalue weighted by molar-refractivity contribution is 6.06. The summed E-state index contributed by atoms with van der Waals surface area (Å²) in [7, 11) is 0. The first-order valence-electron chi connectivity index (χ1n) is 8.68. The molecule has 0 aliphatic rings. The zero-order valence-corrected chi connectivity index (χ0v) is 15.4. The van der Waals surface area contributed by atoms with Gasteiger partial charge in [0.1, 0.15) is 0 Å². The molecule has 3 rings (SSSR count). The Hall–Kier alpha value is -3.42. The summed E-state index contributed by atoms with van der Waals surface area (Å²) in [6, 6.07) is 11.3. The SMILES string of the molecule is CCOC(=O)NNC(=O)c1cc(-c2ccccc2)nc2c1cnn2C(C)C. The van der Waals surface area contributed by atoms with E-state index >= 15 is 0 Å². The van der Waals surface area contributed by atoms with Gasteiger partial charge in [0.15, 0.2) is 5.65 Å². The number of carbonyl (C=O) groups excluding carboxylic acids is 2. The molecule has 3 aromatic rings. The number of hydrogen-bond donors (Lipinski definition) is 2. The van der Waals surface area contributed by atoms with Crippen LogP contribution < -0.4 is 10.9 Å². The summed E-state index contributed by atoms with van der Waals surface area (Å²) in [4.78, 5) is 28.8. The lowest BCUT2D eigenvalue weighted by molar-refractivity contribution is 0.0914. The molecule has 2 N–H and O–H groups in total. The molecule has 0 aliphatic carbocycles. The van der Waals surface area contributed by atoms with Gasteiger partial charge in [0.2, 0.25) is 0 Å². The third-order valence-electron chi connectivity index (χ3n) is 3.92. The molecule has 0 radical (unpaired) electrons. The van der Waals surface area contributed by atoms with E-state index < -0.39 is 12.0 Å². The summed E-state index contributed by atoms with van der Waals surface area (Å²) in [5.41, 5.74) is 7.08. The first-order valence-corrected chi connectivity index (χ1v) is 8.68. The van der Waals surface area contributed by atoms with Crippen molar-refractivity contribution in [3.63, 3.8) is 0 Å². The average Bonchev–Trinajstić information content (AvgIpc) is 3.10. The number of rotatable bonds is 4. The predicted octanol–water partition coefficient (Wildman–Crippen LogP) is 3.07. The van der Waals surface area contributed by atoms with Crippen molar-refractivity contribution >= 4 is 23.0 Å². The largest absolute Gasteiger partial charge is 0.449 e. The lowest BCUT2D eigenvalue weighted by atomic mass is 10.1. The van der Waals surface area contributed by atoms with Gasteiger partial charge in [-0.1, -0.05) is 30.3 Å². The van der Waals surface area contributed by atoms with Crippen molar-refractivity contribution < 1.29 is 14.3 Å². The minimum absolute atomic E-state index is 0.0783. The fourth-order valence-electron chi connectivity index (χ4n) is 2.68. The second-order valence-corrected chi connectivity index (χ2v) is 6.14. The Morgan fingerprint density at radius 1 is 1.19 bits per heavy atom. The third kappa shape index (κ3) is 3.89. The number of hydrogen-bond acceptors (Lipinski definition) is 5. The van der Waals surface area contributed by atoms with Crippen LogP contribution in [0.1, 0.15) is 37.2 Å². The Morgan fingerprint density at radius 3 is 2.59 bits per heavy atom. The lowest BCUT2D eigenvalue weighted by Gasteiger charge is -2.11. The van der Waals surface area contributed by atoms with Crippen LogP contribution in [0.25, 0.3) is 22.3 Å². The van der Waals surface area contributed by atoms with Gasteiger partial charge < -0.3 is 4.74 Å². The maximum atomic E-state index is 12.7. The molecule has 0 saturated heterocycles. The molecule has 27 heavy (non-hydrogen) atoms. The molecule has 1 aromatic carbocycles. The van der Waals surface area contributed by atoms with Gasteiger partial charge in [0.25, 0.3) is 5.91 Å². The molecule has 8 nitrogen and oxygen atoms in total. The molecule has 0 unspecified atom stereocenters. The van der Waals surface area contributed by atoms with Crippen LogP contribution in [0, 0.1) is 0 Å². The van der Waals surface area contributed by atoms with E-state index in [1.165, 1.54) is 0 Å². The Balaban J connectivity index is 2.05. The molecule has 0 bridgehead atoms. The molecule has 140 valence electrons. The number of carbonyl (C=O) groups is 2. The minimum atomic E-state index is -0.725. The van der Waals surface area contributed by atoms with Gasteiger partial charge in [-0.25, -0.2) is 19.9 Å². The maximum Gasteiger partial charge on any atom is 0.426 e. The summed E-state index contributed by atoms with van der Waals surface area (Å²) in [6.45, 7) is 5.87. The third-order valence-corrected chi connectivity index (χ3v) is 3.92. The van der Waals surface area contributed by atoms with Gasteiger partial charge in [-0.3, -0.25) is 10.2 Å². The van der Waals surface area contributed by atoms with Crippen molar-refractivity contribution in [2.45, 2.75) is 26.8 Å². The molecule has 2 aromatic heterocycles. The first-order chi connectivity index (χ1) is 13.0. The highest BCUT2D eigenvalue weighted by Crippen LogP contribution is 2.26. The van der Waals surface area contributed by atoms with Gasteiger partial charge in [0.05, 0.1) is 29.4 Å². The molecule has 0 fully saturated rings. The predicted molar refractivity (Wildman–Crippen MR) is 101 cm³/mol. The van der Waals surface area contributed by atoms with Crippen LogP contribution in [0.3, 0.4) is 0 Å². The molecule has 0 saturated carbocycles. The number of amides is 2. The van der Waals surface area contributed by atoms with E-state index in [9.17, 15) is 9.59 Å². The summed E-state index contributed by atoms with van der Waals surface area (Å²) in [5, 5.41) is 4.96. The molecule has 0 aliphatic heterocycles. The first kappa shape index (κ1) is 18.4. The van der Waals surface area contributed by atoms with Crippen LogP contribution in [0.5, 0.6) is 0 Å². The Morgan fingerprint density at radius 2 is 1.93 bits per heavy atom. The van der Waals surface area contributed by atoms with E-state index in [4.69, 9.17) is 9.72 Å². The van der Waals surface area contributed by atoms with Crippen LogP contribution in [-0.4, -0.2) is 33.4 Å². The highest BCUT2D eigenvalue weighted by Gasteiger charge is 2.19. The number of fused-ring (bicyclic) bond motifs is 1. The second kappa shape index (κ2) is 7.86. The zero-order valence-electron chi connectivity index (χ0n) is 15.4. The summed E-state index contributed by atoms with van der Waals surface area (Å²) < 4.78 is 6.51. The summed E-state index contributed by atoms with van der Waals surface area (Å²) in [6.07, 6.45) is 0.883. The zero-order chi connectivity index (χ0) is 19.4. The van der Waals surface area contributed by atoms with Crippen LogP contribution in [0.4, 0.5) is 4.79 Å². The van der Waals surface area contributed by atoms with Crippen molar-refractivity contribution in [1.82, 2.24) is 25.6 Å². The van der Waals surface area contributed by atoms with E-state index in [1.807, 2.05) is 44.2 Å². The Bertz CT molecular complexity index is 966. The Labute approximate surface area is 156 Å². The number of ether oxygens (including phenoxy) is 1. The van der Waals surface area contributed by atoms with Gasteiger partial charge >= 0.3 is 6.09 Å². The molecule has 8 heteroatoms. The average molecular weight is 367 g/mol. The number of hydrazine groups is 1. The van der Waals surface area contributed by atoms with Gasteiger partial charge in [0, 0.05) is 11.6 Å². The smallest absolute Gasteiger partial charge is 0.426 e. The molecule has 0 spiro atoms. The van der Waals surface area contributed by atoms with Gasteiger partial charge in [-0.05, 0) is 26.8 Å². The second-order valence-electron chi connectivity index (χ2n) is 6.14. The molecule has 0 atom stereocenters. The topological polar surface area (TPSA) is 98.1 Å². The molecular weight excluding hydrogens is 346 g/mol. The summed E-state index contributed by atoms with van der Waals surface area (Å²) >= 11 is 0. The number of benzene rings is 1. The monoisotopic (exact) mass is 367 g/mol. The number of aromatic nitrogens is 3. The van der Waals surface area contributed by atoms with Gasteiger partial charge in [-0.15, -0.1) is 0 Å². The van der Waals surface area contributed by atoms with Crippen LogP contribution in [0.15, 0.2) is 42.6 Å². The quantitative estimate of drug-likeness (QED) is 0.691. The van der Waals surface area contributed by atoms with Gasteiger partial charge in [-0.2, -0.15) is 5.10 Å². The lowest BCUT2D eigenvalue weighted by Crippen LogP contribution is -2.42. The number of nitrogens with one attached hydrogen (secondary N) is 2. The van der Waals surface area contributed by atoms with E-state index in [1.54, 1.807) is 23.9 Å². The summed E-state index contributed by atoms with van der Waals surface area (Å²) in [5.74, 6) is -0.476. The number of nitrogens with zero attached hydrogens (tertiary/aromatic N) is 3. The molecule has 2 heterocycles. The fraction of sp³-hybridized carbons (Fsp3) is 0.263. The van der Waals surface area contributed by atoms with Crippen molar-refractivity contribution in [1.29, 1.82) is 0 Å². The van der Waals surface area contributed by atoms with Crippen LogP contribution in [0.2, 0.25) is 0 Å². The van der Waals surface area contributed by atoms with Crippen LogP contribution in [-0.2, 0) is 4.74 Å². The van der Waals surface area contributed by atoms with Crippen molar-refractivity contribution in [2.75, 3.05) is 6.61 Å². The standard InChI is InChI=1S/C19H21N5O3/c1-4-27-19(26)23-22-18(25)14-10-16(13-8-6-5-7-9-13)21-17-15(14)11-20-24(17)12(2)3/h5-12H,4H2,1-3H3,(H,22,25)(H,23,26). The highest BCUT2D eigenvalue weighted by atomic mass is 16.5. The van der Waals surface area contributed by atoms with Crippen LogP contribution >= 0.6 is 0 Å². The van der Waals surface area contributed by atoms with E-state index in [0.29, 0.717) is 22.3 Å². The van der Waals surface area contributed by atoms with E-state index in [-0.39, 0.29) is 12.6 Å². The maximum absolute atomic E-state index is 12.7. The molecular formula is C19H21N5O3. The molecule has 2 amide bonds. The van der Waals surface area contributed by atoms with Crippen molar-refractivity contribution in [3.05, 3.63) is 48.2 Å². The van der Waals surface area contributed by atoms with Crippen molar-refractivity contribution in [3.8, 4) is 11.3 Å². The van der Waals surface area contributed by atoms with E-state index in [0.717, 1.165) is 5.56 Å². The van der Waals surface area contributed by atoms with E-state index in [2.05, 4.69) is 16.0 Å². The number of pyridine rings is 1.